The summed E-state index contributed by atoms with van der Waals surface area (Å²) in [6, 6.07) is 21.4. The van der Waals surface area contributed by atoms with E-state index < -0.39 is 33.6 Å². The van der Waals surface area contributed by atoms with Crippen LogP contribution in [0.5, 0.6) is 11.5 Å². The van der Waals surface area contributed by atoms with E-state index in [1.165, 1.54) is 24.9 Å². The highest BCUT2D eigenvalue weighted by atomic mass is 32.2. The predicted octanol–water partition coefficient (Wildman–Crippen LogP) is 6.89. The number of imide groups is 2. The van der Waals surface area contributed by atoms with Gasteiger partial charge in [0.05, 0.1) is 12.2 Å². The van der Waals surface area contributed by atoms with Crippen LogP contribution >= 0.6 is 23.5 Å². The van der Waals surface area contributed by atoms with Gasteiger partial charge in [0, 0.05) is 43.1 Å². The van der Waals surface area contributed by atoms with E-state index in [9.17, 15) is 28.8 Å². The van der Waals surface area contributed by atoms with E-state index in [4.69, 9.17) is 18.9 Å². The molecular weight excluding hydrogens is 797 g/mol. The highest BCUT2D eigenvalue weighted by molar-refractivity contribution is 8.16. The highest BCUT2D eigenvalue weighted by Gasteiger charge is 2.49. The van der Waals surface area contributed by atoms with Crippen LogP contribution in [0.25, 0.3) is 0 Å². The van der Waals surface area contributed by atoms with Gasteiger partial charge >= 0.3 is 11.9 Å². The van der Waals surface area contributed by atoms with Crippen molar-refractivity contribution in [3.63, 3.8) is 0 Å². The third-order valence-electron chi connectivity index (χ3n) is 9.71. The van der Waals surface area contributed by atoms with Gasteiger partial charge in [0.25, 0.3) is 10.5 Å². The number of amides is 4. The molecule has 1 N–H and O–H groups in total. The Labute approximate surface area is 350 Å². The monoisotopic (exact) mass is 840 g/mol. The zero-order valence-corrected chi connectivity index (χ0v) is 34.9. The Kier molecular flexibility index (Phi) is 13.4. The summed E-state index contributed by atoms with van der Waals surface area (Å²) >= 11 is 1.94. The molecule has 308 valence electrons. The lowest BCUT2D eigenvalue weighted by Crippen LogP contribution is -2.38. The smallest absolute Gasteiger partial charge is 0.303 e. The number of thioether (sulfide) groups is 2. The van der Waals surface area contributed by atoms with Crippen LogP contribution in [0.3, 0.4) is 0 Å². The average molecular weight is 841 g/mol. The van der Waals surface area contributed by atoms with Gasteiger partial charge in [-0.15, -0.1) is 0 Å². The molecule has 2 fully saturated rings. The third-order valence-corrected chi connectivity index (χ3v) is 11.9. The summed E-state index contributed by atoms with van der Waals surface area (Å²) in [5.41, 5.74) is 4.34. The first-order chi connectivity index (χ1) is 28.1. The number of aryl methyl sites for hydroxylation is 1. The number of nitrogens with one attached hydrogen (secondary N) is 1. The van der Waals surface area contributed by atoms with E-state index in [2.05, 4.69) is 15.3 Å². The van der Waals surface area contributed by atoms with Crippen LogP contribution in [-0.2, 0) is 54.5 Å². The lowest BCUT2D eigenvalue weighted by molar-refractivity contribution is -0.149. The summed E-state index contributed by atoms with van der Waals surface area (Å²) in [5.74, 6) is -0.557. The third kappa shape index (κ3) is 10.9. The molecule has 4 unspecified atom stereocenters. The minimum Gasteiger partial charge on any atom is -0.489 e. The number of carbonyl (C=O) groups excluding carboxylic acids is 6. The van der Waals surface area contributed by atoms with Gasteiger partial charge in [-0.05, 0) is 104 Å². The second-order valence-electron chi connectivity index (χ2n) is 14.5. The fourth-order valence-corrected chi connectivity index (χ4v) is 8.59. The molecule has 16 heteroatoms. The minimum absolute atomic E-state index is 0.0182. The van der Waals surface area contributed by atoms with Gasteiger partial charge in [-0.3, -0.25) is 49.0 Å². The molecule has 2 aromatic carbocycles. The molecule has 4 amide bonds. The number of carbonyl (C=O) groups is 6. The van der Waals surface area contributed by atoms with Crippen LogP contribution in [0, 0.1) is 0 Å². The lowest BCUT2D eigenvalue weighted by atomic mass is 9.98. The van der Waals surface area contributed by atoms with E-state index in [1.54, 1.807) is 56.4 Å². The summed E-state index contributed by atoms with van der Waals surface area (Å²) in [7, 11) is 0. The number of rotatable bonds is 17. The predicted molar refractivity (Wildman–Crippen MR) is 220 cm³/mol. The van der Waals surface area contributed by atoms with Gasteiger partial charge in [-0.1, -0.05) is 43.3 Å². The van der Waals surface area contributed by atoms with Crippen molar-refractivity contribution in [2.24, 2.45) is 0 Å². The van der Waals surface area contributed by atoms with Crippen LogP contribution in [0.15, 0.2) is 85.2 Å². The Bertz CT molecular complexity index is 2200. The summed E-state index contributed by atoms with van der Waals surface area (Å²) in [6.45, 7) is 8.14. The number of nitrogens with zero attached hydrogens (tertiary/aromatic N) is 3. The Morgan fingerprint density at radius 2 is 1.19 bits per heavy atom. The van der Waals surface area contributed by atoms with Crippen LogP contribution in [0.1, 0.15) is 80.5 Å². The molecule has 2 aliphatic rings. The average Bonchev–Trinajstić information content (AvgIpc) is 3.58. The van der Waals surface area contributed by atoms with Crippen molar-refractivity contribution >= 4 is 57.8 Å². The fourth-order valence-electron chi connectivity index (χ4n) is 6.57. The van der Waals surface area contributed by atoms with Crippen LogP contribution in [0.2, 0.25) is 0 Å². The van der Waals surface area contributed by atoms with E-state index in [-0.39, 0.29) is 42.1 Å². The van der Waals surface area contributed by atoms with E-state index in [0.29, 0.717) is 35.6 Å². The first-order valence-electron chi connectivity index (χ1n) is 18.9. The Balaban J connectivity index is 1.02. The van der Waals surface area contributed by atoms with Crippen molar-refractivity contribution in [2.75, 3.05) is 13.2 Å². The van der Waals surface area contributed by atoms with Gasteiger partial charge in [0.2, 0.25) is 11.8 Å². The molecule has 4 aromatic rings. The first-order valence-corrected chi connectivity index (χ1v) is 20.5. The molecule has 4 heterocycles. The zero-order chi connectivity index (χ0) is 42.3. The maximum atomic E-state index is 13.7. The number of hydrogen-bond acceptors (Lipinski definition) is 14. The molecule has 0 bridgehead atoms. The first kappa shape index (κ1) is 42.9. The Hall–Kier alpha value is -5.74. The van der Waals surface area contributed by atoms with E-state index >= 15 is 0 Å². The largest absolute Gasteiger partial charge is 0.489 e. The second-order valence-corrected chi connectivity index (χ2v) is 17.5. The molecule has 0 radical (unpaired) electrons. The number of aromatic nitrogens is 2. The van der Waals surface area contributed by atoms with Gasteiger partial charge < -0.3 is 18.9 Å². The standard InChI is InChI=1S/C43H44N4O10S2/c1-6-32-13-11-30(21-44-32)36(56-26(2)48)24-54-35-17-9-29(10-18-35)20-43(5)39(51)47(41(53)59-43)23-33-14-12-31(22-45-33)37(57-27(3)49)25-55-34-15-7-28(8-16-34)19-42(4)38(50)46-40(52)58-42/h7-18,21-22,36-37H,6,19-20,23-25H2,1-5H3,(H,46,50,52). The topological polar surface area (TPSA) is 180 Å². The molecule has 59 heavy (non-hydrogen) atoms. The Morgan fingerprint density at radius 3 is 1.61 bits per heavy atom. The second kappa shape index (κ2) is 18.5. The SMILES string of the molecule is CCc1ccc(C(COc2ccc(CC3(C)SC(=O)N(Cc4ccc(C(COc5ccc(CC6(C)SC(=O)NC6=O)cc5)OC(C)=O)cn4)C3=O)cc2)OC(C)=O)cn1. The lowest BCUT2D eigenvalue weighted by Gasteiger charge is -2.22. The van der Waals surface area contributed by atoms with Crippen LogP contribution in [-0.4, -0.2) is 71.8 Å². The molecule has 0 spiro atoms. The van der Waals surface area contributed by atoms with E-state index in [1.807, 2.05) is 43.3 Å². The minimum atomic E-state index is -1.05. The molecule has 14 nitrogen and oxygen atoms in total. The quantitative estimate of drug-likeness (QED) is 0.109. The molecule has 2 aromatic heterocycles. The molecule has 6 rings (SSSR count). The molecule has 2 saturated heterocycles. The number of hydrogen-bond donors (Lipinski definition) is 1. The van der Waals surface area contributed by atoms with Crippen molar-refractivity contribution in [1.82, 2.24) is 20.2 Å². The zero-order valence-electron chi connectivity index (χ0n) is 33.2. The van der Waals surface area contributed by atoms with Gasteiger partial charge in [0.15, 0.2) is 12.2 Å². The molecule has 0 aliphatic carbocycles. The molecule has 0 saturated carbocycles. The van der Waals surface area contributed by atoms with Gasteiger partial charge in [-0.2, -0.15) is 0 Å². The Morgan fingerprint density at radius 1 is 0.695 bits per heavy atom. The molecule has 4 atom stereocenters. The van der Waals surface area contributed by atoms with E-state index in [0.717, 1.165) is 52.3 Å². The normalized spacial score (nSPS) is 19.9. The highest BCUT2D eigenvalue weighted by Crippen LogP contribution is 2.41. The summed E-state index contributed by atoms with van der Waals surface area (Å²) in [5, 5.41) is 1.57. The van der Waals surface area contributed by atoms with Crippen LogP contribution < -0.4 is 14.8 Å². The van der Waals surface area contributed by atoms with Gasteiger partial charge in [-0.25, -0.2) is 0 Å². The van der Waals surface area contributed by atoms with Crippen molar-refractivity contribution in [1.29, 1.82) is 0 Å². The number of benzene rings is 2. The fraction of sp³-hybridized carbons (Fsp3) is 0.349. The van der Waals surface area contributed by atoms with Crippen molar-refractivity contribution in [3.8, 4) is 11.5 Å². The molecular formula is C43H44N4O10S2. The van der Waals surface area contributed by atoms with Crippen molar-refractivity contribution < 1.29 is 47.7 Å². The maximum Gasteiger partial charge on any atom is 0.303 e. The summed E-state index contributed by atoms with van der Waals surface area (Å²) in [6.07, 6.45) is 3.21. The number of pyridine rings is 2. The molecule has 2 aliphatic heterocycles. The van der Waals surface area contributed by atoms with Crippen molar-refractivity contribution in [3.05, 3.63) is 119 Å². The van der Waals surface area contributed by atoms with Crippen LogP contribution in [0.4, 0.5) is 9.59 Å². The van der Waals surface area contributed by atoms with Gasteiger partial charge in [0.1, 0.15) is 34.2 Å². The number of ether oxygens (including phenoxy) is 4. The van der Waals surface area contributed by atoms with Crippen molar-refractivity contribution in [2.45, 2.75) is 82.1 Å². The summed E-state index contributed by atoms with van der Waals surface area (Å²) < 4.78 is 21.0. The maximum absolute atomic E-state index is 13.7. The number of esters is 2. The summed E-state index contributed by atoms with van der Waals surface area (Å²) in [4.78, 5) is 84.6.